The van der Waals surface area contributed by atoms with Crippen LogP contribution in [-0.4, -0.2) is 96.7 Å². The average Bonchev–Trinajstić information content (AvgIpc) is 3.44. The van der Waals surface area contributed by atoms with Gasteiger partial charge in [-0.15, -0.1) is 0 Å². The quantitative estimate of drug-likeness (QED) is 0.0169. The highest BCUT2D eigenvalue weighted by molar-refractivity contribution is 7.47. The number of esters is 4. The van der Waals surface area contributed by atoms with Crippen molar-refractivity contribution in [2.45, 2.75) is 309 Å². The fourth-order valence-electron chi connectivity index (χ4n) is 8.74. The molecule has 0 aromatic heterocycles. The molecule has 5 atom stereocenters. The number of carbonyl (C=O) groups excluding carboxylic acids is 4. The summed E-state index contributed by atoms with van der Waals surface area (Å²) in [5.74, 6) is -2.18. The van der Waals surface area contributed by atoms with Gasteiger partial charge >= 0.3 is 39.5 Å². The summed E-state index contributed by atoms with van der Waals surface area (Å²) in [6.07, 6.45) is 44.2. The van der Waals surface area contributed by atoms with Gasteiger partial charge in [0.1, 0.15) is 19.3 Å². The molecule has 0 aromatic rings. The standard InChI is InChI=1S/C62H116O17P2/c1-5-9-13-17-20-23-25-27-28-29-31-34-37-41-45-49-62(67)79-58(53-73-60(65)47-43-39-35-33-30-26-24-21-18-14-10-6-2)55-77-81(70,71)75-51-56(63)50-74-80(68,69)76-54-57(52-72-59(64)46-42-38-16-12-8-4)78-61(66)48-44-40-36-32-22-19-15-11-7-3/h23,25,27-28,56-58,63H,5-22,24,26,29-55H2,1-4H3,(H,68,69)(H,70,71)/b25-23-,28-27-/t56-,57+,58+/m0/s1. The summed E-state index contributed by atoms with van der Waals surface area (Å²) in [7, 11) is -9.88. The fourth-order valence-corrected chi connectivity index (χ4v) is 10.3. The van der Waals surface area contributed by atoms with E-state index in [-0.39, 0.29) is 25.7 Å². The molecule has 0 aliphatic heterocycles. The van der Waals surface area contributed by atoms with Crippen LogP contribution in [-0.2, 0) is 65.4 Å². The first-order chi connectivity index (χ1) is 39.2. The van der Waals surface area contributed by atoms with E-state index in [2.05, 4.69) is 52.0 Å². The number of phosphoric ester groups is 2. The predicted octanol–water partition coefficient (Wildman–Crippen LogP) is 16.7. The highest BCUT2D eigenvalue weighted by Crippen LogP contribution is 2.45. The van der Waals surface area contributed by atoms with E-state index in [9.17, 15) is 43.2 Å². The lowest BCUT2D eigenvalue weighted by atomic mass is 10.0. The summed E-state index contributed by atoms with van der Waals surface area (Å²) >= 11 is 0. The summed E-state index contributed by atoms with van der Waals surface area (Å²) in [6.45, 7) is 4.71. The Kier molecular flexibility index (Phi) is 54.9. The van der Waals surface area contributed by atoms with Crippen LogP contribution in [0.1, 0.15) is 291 Å². The van der Waals surface area contributed by atoms with E-state index < -0.39 is 97.5 Å². The first-order valence-electron chi connectivity index (χ1n) is 32.1. The molecule has 0 amide bonds. The highest BCUT2D eigenvalue weighted by Gasteiger charge is 2.30. The maximum absolute atomic E-state index is 12.9. The van der Waals surface area contributed by atoms with Crippen molar-refractivity contribution in [1.29, 1.82) is 0 Å². The van der Waals surface area contributed by atoms with Gasteiger partial charge in [-0.1, -0.05) is 238 Å². The number of allylic oxidation sites excluding steroid dienone is 4. The molecule has 0 aliphatic carbocycles. The smallest absolute Gasteiger partial charge is 0.462 e. The Morgan fingerprint density at radius 1 is 0.346 bits per heavy atom. The van der Waals surface area contributed by atoms with Crippen LogP contribution in [0.5, 0.6) is 0 Å². The van der Waals surface area contributed by atoms with Crippen molar-refractivity contribution in [2.24, 2.45) is 0 Å². The normalized spacial score (nSPS) is 14.4. The van der Waals surface area contributed by atoms with Crippen molar-refractivity contribution in [2.75, 3.05) is 39.6 Å². The van der Waals surface area contributed by atoms with Crippen LogP contribution in [0.4, 0.5) is 0 Å². The van der Waals surface area contributed by atoms with Crippen LogP contribution in [0, 0.1) is 0 Å². The zero-order valence-corrected chi connectivity index (χ0v) is 53.0. The van der Waals surface area contributed by atoms with Crippen molar-refractivity contribution < 1.29 is 80.2 Å². The number of phosphoric acid groups is 2. The van der Waals surface area contributed by atoms with Gasteiger partial charge < -0.3 is 33.8 Å². The van der Waals surface area contributed by atoms with Crippen molar-refractivity contribution in [3.63, 3.8) is 0 Å². The molecule has 0 radical (unpaired) electrons. The maximum atomic E-state index is 12.9. The summed E-state index contributed by atoms with van der Waals surface area (Å²) in [4.78, 5) is 71.8. The molecule has 0 spiro atoms. The largest absolute Gasteiger partial charge is 0.472 e. The van der Waals surface area contributed by atoms with E-state index in [1.165, 1.54) is 103 Å². The molecular weight excluding hydrogens is 1080 g/mol. The van der Waals surface area contributed by atoms with Crippen LogP contribution in [0.25, 0.3) is 0 Å². The van der Waals surface area contributed by atoms with E-state index in [0.717, 1.165) is 109 Å². The van der Waals surface area contributed by atoms with Gasteiger partial charge in [-0.2, -0.15) is 0 Å². The summed E-state index contributed by atoms with van der Waals surface area (Å²) in [6, 6.07) is 0. The number of unbranched alkanes of at least 4 members (excludes halogenated alkanes) is 32. The van der Waals surface area contributed by atoms with Crippen molar-refractivity contribution in [1.82, 2.24) is 0 Å². The van der Waals surface area contributed by atoms with Crippen LogP contribution < -0.4 is 0 Å². The second kappa shape index (κ2) is 56.7. The Morgan fingerprint density at radius 2 is 0.593 bits per heavy atom. The SMILES string of the molecule is CCCCCC/C=C\C=C/CCCCCCCC(=O)O[C@H](COC(=O)CCCCCCCCCCCCCC)COP(=O)(O)OC[C@@H](O)COP(=O)(O)OC[C@@H](COC(=O)CCCCCCC)OC(=O)CCCCCCCCCCC. The molecule has 0 aliphatic rings. The van der Waals surface area contributed by atoms with Crippen LogP contribution in [0.3, 0.4) is 0 Å². The van der Waals surface area contributed by atoms with Gasteiger partial charge in [0.15, 0.2) is 12.2 Å². The molecule has 19 heteroatoms. The third-order valence-corrected chi connectivity index (χ3v) is 15.6. The molecule has 17 nitrogen and oxygen atoms in total. The Labute approximate surface area is 491 Å². The molecule has 3 N–H and O–H groups in total. The molecule has 0 fully saturated rings. The molecule has 0 saturated carbocycles. The number of aliphatic hydroxyl groups excluding tert-OH is 1. The van der Waals surface area contributed by atoms with Gasteiger partial charge in [0.05, 0.1) is 26.4 Å². The summed E-state index contributed by atoms with van der Waals surface area (Å²) in [5, 5.41) is 10.5. The Morgan fingerprint density at radius 3 is 0.901 bits per heavy atom. The lowest BCUT2D eigenvalue weighted by molar-refractivity contribution is -0.161. The van der Waals surface area contributed by atoms with Crippen molar-refractivity contribution >= 4 is 39.5 Å². The molecule has 0 saturated heterocycles. The number of hydrogen-bond donors (Lipinski definition) is 3. The number of ether oxygens (including phenoxy) is 4. The third-order valence-electron chi connectivity index (χ3n) is 13.7. The molecule has 0 rings (SSSR count). The molecular formula is C62H116O17P2. The minimum atomic E-state index is -4.95. The fraction of sp³-hybridized carbons (Fsp3) is 0.871. The van der Waals surface area contributed by atoms with E-state index >= 15 is 0 Å². The van der Waals surface area contributed by atoms with Crippen LogP contribution in [0.15, 0.2) is 24.3 Å². The average molecular weight is 1200 g/mol. The van der Waals surface area contributed by atoms with Gasteiger partial charge in [-0.3, -0.25) is 37.3 Å². The number of hydrogen-bond acceptors (Lipinski definition) is 15. The van der Waals surface area contributed by atoms with E-state index in [1.807, 2.05) is 0 Å². The second-order valence-electron chi connectivity index (χ2n) is 21.8. The van der Waals surface area contributed by atoms with Crippen molar-refractivity contribution in [3.8, 4) is 0 Å². The van der Waals surface area contributed by atoms with Crippen LogP contribution in [0.2, 0.25) is 0 Å². The first kappa shape index (κ1) is 78.5. The predicted molar refractivity (Wildman–Crippen MR) is 321 cm³/mol. The first-order valence-corrected chi connectivity index (χ1v) is 35.1. The molecule has 0 heterocycles. The van der Waals surface area contributed by atoms with Gasteiger partial charge in [-0.25, -0.2) is 9.13 Å². The molecule has 0 aromatic carbocycles. The zero-order chi connectivity index (χ0) is 59.8. The molecule has 0 bridgehead atoms. The van der Waals surface area contributed by atoms with Gasteiger partial charge in [0, 0.05) is 25.7 Å². The Hall–Kier alpha value is -2.46. The Balaban J connectivity index is 5.21. The van der Waals surface area contributed by atoms with Gasteiger partial charge in [0.25, 0.3) is 0 Å². The maximum Gasteiger partial charge on any atom is 0.472 e. The second-order valence-corrected chi connectivity index (χ2v) is 24.7. The van der Waals surface area contributed by atoms with Gasteiger partial charge in [-0.05, 0) is 51.4 Å². The highest BCUT2D eigenvalue weighted by atomic mass is 31.2. The number of rotatable bonds is 61. The van der Waals surface area contributed by atoms with Gasteiger partial charge in [0.2, 0.25) is 0 Å². The third kappa shape index (κ3) is 56.4. The summed E-state index contributed by atoms with van der Waals surface area (Å²) < 4.78 is 67.6. The lowest BCUT2D eigenvalue weighted by Crippen LogP contribution is -2.30. The minimum absolute atomic E-state index is 0.0854. The zero-order valence-electron chi connectivity index (χ0n) is 51.2. The number of aliphatic hydroxyl groups is 1. The van der Waals surface area contributed by atoms with E-state index in [4.69, 9.17) is 37.0 Å². The molecule has 476 valence electrons. The lowest BCUT2D eigenvalue weighted by Gasteiger charge is -2.21. The Bertz CT molecular complexity index is 1660. The molecule has 81 heavy (non-hydrogen) atoms. The van der Waals surface area contributed by atoms with E-state index in [0.29, 0.717) is 25.7 Å². The topological polar surface area (TPSA) is 237 Å². The summed E-state index contributed by atoms with van der Waals surface area (Å²) in [5.41, 5.74) is 0. The van der Waals surface area contributed by atoms with Crippen LogP contribution >= 0.6 is 15.6 Å². The van der Waals surface area contributed by atoms with Crippen molar-refractivity contribution in [3.05, 3.63) is 24.3 Å². The number of carbonyl (C=O) groups is 4. The minimum Gasteiger partial charge on any atom is -0.462 e. The van der Waals surface area contributed by atoms with E-state index in [1.54, 1.807) is 0 Å². The monoisotopic (exact) mass is 1190 g/mol. The molecule has 2 unspecified atom stereocenters.